The average Bonchev–Trinajstić information content (AvgIpc) is 2.92. The van der Waals surface area contributed by atoms with Crippen LogP contribution in [0.5, 0.6) is 0 Å². The van der Waals surface area contributed by atoms with Gasteiger partial charge in [-0.15, -0.1) is 0 Å². The first-order valence-electron chi connectivity index (χ1n) is 7.83. The topological polar surface area (TPSA) is 41.3 Å². The number of rotatable bonds is 3. The number of aromatic nitrogens is 1. The van der Waals surface area contributed by atoms with E-state index in [1.165, 1.54) is 5.56 Å². The van der Waals surface area contributed by atoms with Gasteiger partial charge in [0.25, 0.3) is 0 Å². The van der Waals surface area contributed by atoms with Crippen molar-refractivity contribution in [1.82, 2.24) is 15.2 Å². The van der Waals surface area contributed by atoms with Gasteiger partial charge in [0.2, 0.25) is 0 Å². The molecule has 1 aliphatic rings. The molecule has 0 spiro atoms. The molecule has 1 saturated heterocycles. The van der Waals surface area contributed by atoms with Crippen molar-refractivity contribution in [1.29, 1.82) is 0 Å². The van der Waals surface area contributed by atoms with E-state index in [4.69, 9.17) is 16.0 Å². The third-order valence-corrected chi connectivity index (χ3v) is 4.76. The van der Waals surface area contributed by atoms with E-state index in [1.807, 2.05) is 30.6 Å². The van der Waals surface area contributed by atoms with E-state index in [0.29, 0.717) is 11.3 Å². The number of fused-ring (bicyclic) bond motifs is 1. The zero-order valence-electron chi connectivity index (χ0n) is 12.7. The monoisotopic (exact) mass is 327 g/mol. The molecule has 0 radical (unpaired) electrons. The minimum atomic E-state index is 0.316. The van der Waals surface area contributed by atoms with Crippen molar-refractivity contribution in [2.75, 3.05) is 19.6 Å². The van der Waals surface area contributed by atoms with Crippen LogP contribution in [-0.4, -0.2) is 29.5 Å². The van der Waals surface area contributed by atoms with Crippen LogP contribution < -0.4 is 5.32 Å². The summed E-state index contributed by atoms with van der Waals surface area (Å²) in [6, 6.07) is 12.5. The van der Waals surface area contributed by atoms with Gasteiger partial charge in [0.05, 0.1) is 0 Å². The van der Waals surface area contributed by atoms with Crippen molar-refractivity contribution in [2.45, 2.75) is 12.6 Å². The molecule has 0 aliphatic carbocycles. The predicted molar refractivity (Wildman–Crippen MR) is 91.5 cm³/mol. The second-order valence-electron chi connectivity index (χ2n) is 5.82. The normalized spacial score (nSPS) is 19.3. The Kier molecular flexibility index (Phi) is 4.04. The van der Waals surface area contributed by atoms with Gasteiger partial charge >= 0.3 is 0 Å². The van der Waals surface area contributed by atoms with Crippen molar-refractivity contribution >= 4 is 22.6 Å². The van der Waals surface area contributed by atoms with E-state index in [2.05, 4.69) is 33.4 Å². The SMILES string of the molecule is Clc1oc2ccccc2c1CN1CCNCC1c1ccncc1. The Morgan fingerprint density at radius 2 is 2.04 bits per heavy atom. The number of furan rings is 1. The maximum Gasteiger partial charge on any atom is 0.199 e. The van der Waals surface area contributed by atoms with Crippen LogP contribution in [0.2, 0.25) is 5.22 Å². The van der Waals surface area contributed by atoms with Gasteiger partial charge in [0.1, 0.15) is 5.58 Å². The summed E-state index contributed by atoms with van der Waals surface area (Å²) < 4.78 is 5.69. The molecule has 1 aliphatic heterocycles. The van der Waals surface area contributed by atoms with Crippen LogP contribution in [0.3, 0.4) is 0 Å². The van der Waals surface area contributed by atoms with Crippen LogP contribution in [0.4, 0.5) is 0 Å². The van der Waals surface area contributed by atoms with Crippen LogP contribution in [0.1, 0.15) is 17.2 Å². The minimum Gasteiger partial charge on any atom is -0.444 e. The summed E-state index contributed by atoms with van der Waals surface area (Å²) in [4.78, 5) is 6.57. The van der Waals surface area contributed by atoms with E-state index in [-0.39, 0.29) is 0 Å². The Hall–Kier alpha value is -1.88. The molecule has 3 heterocycles. The van der Waals surface area contributed by atoms with Crippen molar-refractivity contribution < 1.29 is 4.42 Å². The molecule has 1 aromatic carbocycles. The lowest BCUT2D eigenvalue weighted by Crippen LogP contribution is -2.45. The molecule has 5 heteroatoms. The lowest BCUT2D eigenvalue weighted by Gasteiger charge is -2.36. The lowest BCUT2D eigenvalue weighted by molar-refractivity contribution is 0.154. The number of benzene rings is 1. The number of nitrogens with one attached hydrogen (secondary N) is 1. The molecule has 118 valence electrons. The van der Waals surface area contributed by atoms with Crippen LogP contribution in [0.15, 0.2) is 53.2 Å². The lowest BCUT2D eigenvalue weighted by atomic mass is 10.0. The van der Waals surface area contributed by atoms with Gasteiger partial charge in [0, 0.05) is 55.6 Å². The molecule has 23 heavy (non-hydrogen) atoms. The number of para-hydroxylation sites is 1. The Bertz CT molecular complexity index is 802. The quantitative estimate of drug-likeness (QED) is 0.797. The fraction of sp³-hybridized carbons (Fsp3) is 0.278. The molecule has 0 bridgehead atoms. The number of pyridine rings is 1. The van der Waals surface area contributed by atoms with Crippen LogP contribution in [-0.2, 0) is 6.54 Å². The van der Waals surface area contributed by atoms with Gasteiger partial charge in [0.15, 0.2) is 5.22 Å². The molecule has 1 unspecified atom stereocenters. The van der Waals surface area contributed by atoms with Gasteiger partial charge in [-0.1, -0.05) is 18.2 Å². The predicted octanol–water partition coefficient (Wildman–Crippen LogP) is 3.63. The molecule has 1 N–H and O–H groups in total. The maximum absolute atomic E-state index is 6.36. The molecule has 1 atom stereocenters. The Labute approximate surface area is 140 Å². The van der Waals surface area contributed by atoms with E-state index >= 15 is 0 Å². The van der Waals surface area contributed by atoms with Gasteiger partial charge in [-0.05, 0) is 35.4 Å². The summed E-state index contributed by atoms with van der Waals surface area (Å²) in [6.07, 6.45) is 3.70. The number of piperazine rings is 1. The average molecular weight is 328 g/mol. The second-order valence-corrected chi connectivity index (χ2v) is 6.16. The molecular weight excluding hydrogens is 310 g/mol. The standard InChI is InChI=1S/C18H18ClN3O/c19-18-15(14-3-1-2-4-17(14)23-18)12-22-10-9-21-11-16(22)13-5-7-20-8-6-13/h1-8,16,21H,9-12H2. The number of halogens is 1. The van der Waals surface area contributed by atoms with Gasteiger partial charge < -0.3 is 9.73 Å². The summed E-state index contributed by atoms with van der Waals surface area (Å²) in [5.74, 6) is 0. The maximum atomic E-state index is 6.36. The Balaban J connectivity index is 1.66. The first-order valence-corrected chi connectivity index (χ1v) is 8.21. The van der Waals surface area contributed by atoms with Gasteiger partial charge in [-0.3, -0.25) is 9.88 Å². The number of nitrogens with zero attached hydrogens (tertiary/aromatic N) is 2. The van der Waals surface area contributed by atoms with E-state index in [0.717, 1.165) is 42.7 Å². The van der Waals surface area contributed by atoms with Crippen LogP contribution >= 0.6 is 11.6 Å². The third-order valence-electron chi connectivity index (χ3n) is 4.46. The van der Waals surface area contributed by atoms with Crippen molar-refractivity contribution in [2.24, 2.45) is 0 Å². The third kappa shape index (κ3) is 2.85. The molecule has 4 nitrogen and oxygen atoms in total. The van der Waals surface area contributed by atoms with E-state index in [1.54, 1.807) is 0 Å². The Morgan fingerprint density at radius 1 is 1.22 bits per heavy atom. The summed E-state index contributed by atoms with van der Waals surface area (Å²) in [5.41, 5.74) is 3.20. The second kappa shape index (κ2) is 6.32. The summed E-state index contributed by atoms with van der Waals surface area (Å²) in [7, 11) is 0. The highest BCUT2D eigenvalue weighted by Gasteiger charge is 2.26. The highest BCUT2D eigenvalue weighted by Crippen LogP contribution is 2.33. The molecule has 0 saturated carbocycles. The molecule has 3 aromatic rings. The van der Waals surface area contributed by atoms with Crippen molar-refractivity contribution in [3.8, 4) is 0 Å². The number of hydrogen-bond acceptors (Lipinski definition) is 4. The van der Waals surface area contributed by atoms with Gasteiger partial charge in [-0.25, -0.2) is 0 Å². The fourth-order valence-electron chi connectivity index (χ4n) is 3.27. The van der Waals surface area contributed by atoms with Crippen molar-refractivity contribution in [3.63, 3.8) is 0 Å². The largest absolute Gasteiger partial charge is 0.444 e. The molecular formula is C18H18ClN3O. The Morgan fingerprint density at radius 3 is 2.91 bits per heavy atom. The van der Waals surface area contributed by atoms with E-state index < -0.39 is 0 Å². The summed E-state index contributed by atoms with van der Waals surface area (Å²) in [6.45, 7) is 3.67. The highest BCUT2D eigenvalue weighted by atomic mass is 35.5. The number of hydrogen-bond donors (Lipinski definition) is 1. The molecule has 0 amide bonds. The van der Waals surface area contributed by atoms with Crippen LogP contribution in [0, 0.1) is 0 Å². The van der Waals surface area contributed by atoms with Crippen LogP contribution in [0.25, 0.3) is 11.0 Å². The van der Waals surface area contributed by atoms with E-state index in [9.17, 15) is 0 Å². The summed E-state index contributed by atoms with van der Waals surface area (Å²) in [5, 5.41) is 5.08. The highest BCUT2D eigenvalue weighted by molar-refractivity contribution is 6.30. The summed E-state index contributed by atoms with van der Waals surface area (Å²) >= 11 is 6.36. The molecule has 4 rings (SSSR count). The minimum absolute atomic E-state index is 0.316. The molecule has 1 fully saturated rings. The van der Waals surface area contributed by atoms with Crippen molar-refractivity contribution in [3.05, 3.63) is 65.1 Å². The smallest absolute Gasteiger partial charge is 0.199 e. The zero-order valence-corrected chi connectivity index (χ0v) is 13.5. The fourth-order valence-corrected chi connectivity index (χ4v) is 3.51. The first-order chi connectivity index (χ1) is 11.3. The first kappa shape index (κ1) is 14.7. The van der Waals surface area contributed by atoms with Gasteiger partial charge in [-0.2, -0.15) is 0 Å². The molecule has 2 aromatic heterocycles. The zero-order chi connectivity index (χ0) is 15.6.